The summed E-state index contributed by atoms with van der Waals surface area (Å²) in [6, 6.07) is 22.7. The van der Waals surface area contributed by atoms with Gasteiger partial charge >= 0.3 is 0 Å². The van der Waals surface area contributed by atoms with Crippen LogP contribution in [0.25, 0.3) is 11.0 Å². The van der Waals surface area contributed by atoms with Crippen LogP contribution in [0.2, 0.25) is 0 Å². The number of hydrogen-bond acceptors (Lipinski definition) is 3. The van der Waals surface area contributed by atoms with E-state index in [1.165, 1.54) is 5.56 Å². The molecule has 0 aliphatic heterocycles. The van der Waals surface area contributed by atoms with Crippen molar-refractivity contribution >= 4 is 16.9 Å². The lowest BCUT2D eigenvalue weighted by Gasteiger charge is -2.12. The van der Waals surface area contributed by atoms with E-state index >= 15 is 0 Å². The molecule has 5 nitrogen and oxygen atoms in total. The zero-order chi connectivity index (χ0) is 26.2. The van der Waals surface area contributed by atoms with Gasteiger partial charge in [0, 0.05) is 25.1 Å². The first-order valence-corrected chi connectivity index (χ1v) is 13.5. The lowest BCUT2D eigenvalue weighted by atomic mass is 9.99. The van der Waals surface area contributed by atoms with Crippen LogP contribution >= 0.6 is 0 Å². The molecule has 1 heterocycles. The van der Waals surface area contributed by atoms with Gasteiger partial charge in [-0.1, -0.05) is 55.8 Å². The van der Waals surface area contributed by atoms with Gasteiger partial charge in [-0.05, 0) is 80.5 Å². The predicted molar refractivity (Wildman–Crippen MR) is 152 cm³/mol. The molecular weight excluding hydrogens is 458 g/mol. The molecule has 1 atom stereocenters. The molecule has 0 aliphatic carbocycles. The zero-order valence-corrected chi connectivity index (χ0v) is 22.6. The molecular formula is C32H39N3O2. The van der Waals surface area contributed by atoms with E-state index < -0.39 is 0 Å². The Morgan fingerprint density at radius 1 is 1.03 bits per heavy atom. The number of hydrogen-bond donors (Lipinski definition) is 1. The largest absolute Gasteiger partial charge is 0.494 e. The quantitative estimate of drug-likeness (QED) is 0.214. The Morgan fingerprint density at radius 3 is 2.57 bits per heavy atom. The fraction of sp³-hybridized carbons (Fsp3) is 0.375. The second-order valence-corrected chi connectivity index (χ2v) is 9.93. The molecule has 0 fully saturated rings. The molecule has 37 heavy (non-hydrogen) atoms. The number of aryl methyl sites for hydroxylation is 4. The zero-order valence-electron chi connectivity index (χ0n) is 22.6. The second-order valence-electron chi connectivity index (χ2n) is 9.93. The molecule has 0 saturated heterocycles. The van der Waals surface area contributed by atoms with Gasteiger partial charge in [0.05, 0.1) is 17.6 Å². The summed E-state index contributed by atoms with van der Waals surface area (Å²) >= 11 is 0. The molecule has 3 aromatic carbocycles. The third kappa shape index (κ3) is 6.79. The SMILES string of the molecule is CCC(C)c1ccc(OCCCn2c(CCCNC(=O)c3ccc(C)cc3C)nc3ccccc32)cc1. The van der Waals surface area contributed by atoms with Gasteiger partial charge in [-0.25, -0.2) is 4.98 Å². The molecule has 0 radical (unpaired) electrons. The summed E-state index contributed by atoms with van der Waals surface area (Å²) in [4.78, 5) is 17.5. The molecule has 194 valence electrons. The Balaban J connectivity index is 1.31. The maximum atomic E-state index is 12.6. The van der Waals surface area contributed by atoms with Crippen LogP contribution in [-0.2, 0) is 13.0 Å². The van der Waals surface area contributed by atoms with Crippen molar-refractivity contribution in [3.05, 3.63) is 94.8 Å². The number of ether oxygens (including phenoxy) is 1. The summed E-state index contributed by atoms with van der Waals surface area (Å²) in [7, 11) is 0. The average Bonchev–Trinajstić information content (AvgIpc) is 3.26. The summed E-state index contributed by atoms with van der Waals surface area (Å²) in [5.41, 5.74) is 6.43. The molecule has 1 unspecified atom stereocenters. The number of rotatable bonds is 12. The van der Waals surface area contributed by atoms with E-state index in [1.807, 2.05) is 38.1 Å². The fourth-order valence-corrected chi connectivity index (χ4v) is 4.72. The number of nitrogens with zero attached hydrogens (tertiary/aromatic N) is 2. The van der Waals surface area contributed by atoms with Crippen LogP contribution in [0.15, 0.2) is 66.7 Å². The number of imidazole rings is 1. The summed E-state index contributed by atoms with van der Waals surface area (Å²) in [5.74, 6) is 2.53. The summed E-state index contributed by atoms with van der Waals surface area (Å²) in [6.07, 6.45) is 3.67. The maximum absolute atomic E-state index is 12.6. The van der Waals surface area contributed by atoms with E-state index in [0.717, 1.165) is 71.5 Å². The molecule has 0 spiro atoms. The molecule has 1 aromatic heterocycles. The highest BCUT2D eigenvalue weighted by atomic mass is 16.5. The number of fused-ring (bicyclic) bond motifs is 1. The van der Waals surface area contributed by atoms with Gasteiger partial charge in [0.2, 0.25) is 0 Å². The van der Waals surface area contributed by atoms with E-state index in [0.29, 0.717) is 19.1 Å². The molecule has 4 aromatic rings. The first-order chi connectivity index (χ1) is 18.0. The van der Waals surface area contributed by atoms with Crippen molar-refractivity contribution in [2.45, 2.75) is 65.8 Å². The van der Waals surface area contributed by atoms with E-state index in [2.05, 4.69) is 66.2 Å². The van der Waals surface area contributed by atoms with E-state index in [9.17, 15) is 4.79 Å². The van der Waals surface area contributed by atoms with Gasteiger partial charge in [-0.2, -0.15) is 0 Å². The number of amides is 1. The molecule has 0 aliphatic rings. The minimum absolute atomic E-state index is 0.0136. The Bertz CT molecular complexity index is 1320. The fourth-order valence-electron chi connectivity index (χ4n) is 4.72. The Morgan fingerprint density at radius 2 is 1.81 bits per heavy atom. The third-order valence-electron chi connectivity index (χ3n) is 7.08. The van der Waals surface area contributed by atoms with Gasteiger partial charge in [0.25, 0.3) is 5.91 Å². The van der Waals surface area contributed by atoms with Crippen molar-refractivity contribution < 1.29 is 9.53 Å². The first-order valence-electron chi connectivity index (χ1n) is 13.5. The smallest absolute Gasteiger partial charge is 0.251 e. The standard InChI is InChI=1S/C32H39N3O2/c1-5-24(3)26-14-16-27(17-15-26)37-21-9-20-35-30-11-7-6-10-29(30)34-31(35)12-8-19-33-32(36)28-18-13-23(2)22-25(28)4/h6-7,10-11,13-18,22,24H,5,8-9,12,19-21H2,1-4H3,(H,33,36). The van der Waals surface area contributed by atoms with Gasteiger partial charge in [-0.3, -0.25) is 4.79 Å². The Hall–Kier alpha value is -3.60. The van der Waals surface area contributed by atoms with Gasteiger partial charge < -0.3 is 14.6 Å². The van der Waals surface area contributed by atoms with Crippen LogP contribution < -0.4 is 10.1 Å². The average molecular weight is 498 g/mol. The van der Waals surface area contributed by atoms with E-state index in [-0.39, 0.29) is 5.91 Å². The van der Waals surface area contributed by atoms with Crippen LogP contribution in [0.4, 0.5) is 0 Å². The van der Waals surface area contributed by atoms with E-state index in [4.69, 9.17) is 9.72 Å². The number of carbonyl (C=O) groups excluding carboxylic acids is 1. The lowest BCUT2D eigenvalue weighted by molar-refractivity contribution is 0.0952. The summed E-state index contributed by atoms with van der Waals surface area (Å²) in [5, 5.41) is 3.07. The number of benzene rings is 3. The normalized spacial score (nSPS) is 12.0. The maximum Gasteiger partial charge on any atom is 0.251 e. The van der Waals surface area contributed by atoms with Crippen LogP contribution in [0, 0.1) is 13.8 Å². The summed E-state index contributed by atoms with van der Waals surface area (Å²) < 4.78 is 8.33. The molecule has 0 bridgehead atoms. The minimum Gasteiger partial charge on any atom is -0.494 e. The van der Waals surface area contributed by atoms with Crippen LogP contribution in [0.5, 0.6) is 5.75 Å². The molecule has 1 N–H and O–H groups in total. The highest BCUT2D eigenvalue weighted by Crippen LogP contribution is 2.22. The van der Waals surface area contributed by atoms with Gasteiger partial charge in [0.1, 0.15) is 11.6 Å². The van der Waals surface area contributed by atoms with Crippen molar-refractivity contribution in [3.63, 3.8) is 0 Å². The molecule has 1 amide bonds. The lowest BCUT2D eigenvalue weighted by Crippen LogP contribution is -2.25. The molecule has 5 heteroatoms. The monoisotopic (exact) mass is 497 g/mol. The highest BCUT2D eigenvalue weighted by Gasteiger charge is 2.12. The molecule has 4 rings (SSSR count). The van der Waals surface area contributed by atoms with Crippen molar-refractivity contribution in [3.8, 4) is 5.75 Å². The van der Waals surface area contributed by atoms with Crippen LogP contribution in [-0.4, -0.2) is 28.6 Å². The van der Waals surface area contributed by atoms with Crippen molar-refractivity contribution in [2.75, 3.05) is 13.2 Å². The number of aromatic nitrogens is 2. The minimum atomic E-state index is -0.0136. The van der Waals surface area contributed by atoms with Crippen LogP contribution in [0.3, 0.4) is 0 Å². The van der Waals surface area contributed by atoms with E-state index in [1.54, 1.807) is 0 Å². The molecule has 0 saturated carbocycles. The third-order valence-corrected chi connectivity index (χ3v) is 7.08. The Kier molecular flexibility index (Phi) is 8.99. The Labute approximate surface area is 220 Å². The van der Waals surface area contributed by atoms with Crippen LogP contribution in [0.1, 0.15) is 71.9 Å². The summed E-state index contributed by atoms with van der Waals surface area (Å²) in [6.45, 7) is 10.6. The van der Waals surface area contributed by atoms with Gasteiger partial charge in [-0.15, -0.1) is 0 Å². The topological polar surface area (TPSA) is 56.1 Å². The van der Waals surface area contributed by atoms with Gasteiger partial charge in [0.15, 0.2) is 0 Å². The highest BCUT2D eigenvalue weighted by molar-refractivity contribution is 5.95. The van der Waals surface area contributed by atoms with Crippen molar-refractivity contribution in [1.29, 1.82) is 0 Å². The number of para-hydroxylation sites is 2. The second kappa shape index (κ2) is 12.6. The predicted octanol–water partition coefficient (Wildman–Crippen LogP) is 7.00. The number of carbonyl (C=O) groups is 1. The number of nitrogens with one attached hydrogen (secondary N) is 1. The first kappa shape index (κ1) is 26.5. The van der Waals surface area contributed by atoms with Crippen molar-refractivity contribution in [2.24, 2.45) is 0 Å². The van der Waals surface area contributed by atoms with Crippen molar-refractivity contribution in [1.82, 2.24) is 14.9 Å².